The van der Waals surface area contributed by atoms with Crippen LogP contribution in [0.15, 0.2) is 42.5 Å². The van der Waals surface area contributed by atoms with Gasteiger partial charge < -0.3 is 20.3 Å². The van der Waals surface area contributed by atoms with Gasteiger partial charge in [-0.1, -0.05) is 23.7 Å². The Kier molecular flexibility index (Phi) is 6.86. The summed E-state index contributed by atoms with van der Waals surface area (Å²) in [7, 11) is 5.42. The summed E-state index contributed by atoms with van der Waals surface area (Å²) in [6, 6.07) is 12.8. The second-order valence-corrected chi connectivity index (χ2v) is 6.30. The number of amides is 2. The summed E-state index contributed by atoms with van der Waals surface area (Å²) in [5, 5.41) is 5.54. The molecular weight excluding hydrogens is 354 g/mol. The van der Waals surface area contributed by atoms with E-state index >= 15 is 0 Å². The lowest BCUT2D eigenvalue weighted by molar-refractivity contribution is -0.136. The highest BCUT2D eigenvalue weighted by molar-refractivity contribution is 6.40. The van der Waals surface area contributed by atoms with Crippen molar-refractivity contribution in [3.8, 4) is 5.75 Å². The third-order valence-corrected chi connectivity index (χ3v) is 4.00. The smallest absolute Gasteiger partial charge is 0.313 e. The Morgan fingerprint density at radius 2 is 1.77 bits per heavy atom. The number of halogens is 1. The Balaban J connectivity index is 1.86. The number of carbonyl (C=O) groups excluding carboxylic acids is 2. The molecule has 2 N–H and O–H groups in total. The van der Waals surface area contributed by atoms with Crippen LogP contribution in [-0.2, 0) is 16.0 Å². The quantitative estimate of drug-likeness (QED) is 0.761. The van der Waals surface area contributed by atoms with E-state index in [2.05, 4.69) is 10.6 Å². The van der Waals surface area contributed by atoms with E-state index in [0.29, 0.717) is 29.4 Å². The first-order valence-electron chi connectivity index (χ1n) is 8.09. The van der Waals surface area contributed by atoms with Gasteiger partial charge in [0.25, 0.3) is 0 Å². The molecular formula is C19H22ClN3O3. The number of hydrogen-bond acceptors (Lipinski definition) is 4. The predicted octanol–water partition coefficient (Wildman–Crippen LogP) is 2.71. The maximum atomic E-state index is 12.0. The Hall–Kier alpha value is -2.73. The van der Waals surface area contributed by atoms with Crippen LogP contribution in [0, 0.1) is 0 Å². The topological polar surface area (TPSA) is 70.7 Å². The number of carbonyl (C=O) groups is 2. The number of benzene rings is 2. The standard InChI is InChI=1S/C19H22ClN3O3/c1-23(2)15-7-4-13(5-8-15)10-11-21-18(24)19(25)22-16-12-14(20)6-9-17(16)26-3/h4-9,12H,10-11H2,1-3H3,(H,21,24)(H,22,25). The van der Waals surface area contributed by atoms with Gasteiger partial charge in [0, 0.05) is 31.4 Å². The van der Waals surface area contributed by atoms with Crippen LogP contribution in [0.2, 0.25) is 5.02 Å². The molecule has 0 atom stereocenters. The molecule has 0 radical (unpaired) electrons. The molecule has 26 heavy (non-hydrogen) atoms. The maximum Gasteiger partial charge on any atom is 0.313 e. The van der Waals surface area contributed by atoms with Crippen molar-refractivity contribution in [2.24, 2.45) is 0 Å². The highest BCUT2D eigenvalue weighted by Gasteiger charge is 2.15. The first-order valence-corrected chi connectivity index (χ1v) is 8.47. The van der Waals surface area contributed by atoms with Gasteiger partial charge in [-0.3, -0.25) is 9.59 Å². The lowest BCUT2D eigenvalue weighted by atomic mass is 10.1. The summed E-state index contributed by atoms with van der Waals surface area (Å²) in [6.07, 6.45) is 0.632. The number of anilines is 2. The van der Waals surface area contributed by atoms with Crippen LogP contribution in [0.5, 0.6) is 5.75 Å². The van der Waals surface area contributed by atoms with E-state index in [1.165, 1.54) is 13.2 Å². The fourth-order valence-corrected chi connectivity index (χ4v) is 2.49. The van der Waals surface area contributed by atoms with E-state index in [1.807, 2.05) is 43.3 Å². The van der Waals surface area contributed by atoms with Gasteiger partial charge in [-0.15, -0.1) is 0 Å². The third-order valence-electron chi connectivity index (χ3n) is 3.77. The molecule has 2 amide bonds. The van der Waals surface area contributed by atoms with Crippen LogP contribution in [-0.4, -0.2) is 39.6 Å². The van der Waals surface area contributed by atoms with Crippen molar-refractivity contribution in [3.05, 3.63) is 53.1 Å². The Morgan fingerprint density at radius 3 is 2.38 bits per heavy atom. The lowest BCUT2D eigenvalue weighted by Gasteiger charge is -2.13. The average molecular weight is 376 g/mol. The number of ether oxygens (including phenoxy) is 1. The van der Waals surface area contributed by atoms with Gasteiger partial charge >= 0.3 is 11.8 Å². The summed E-state index contributed by atoms with van der Waals surface area (Å²) in [6.45, 7) is 0.361. The van der Waals surface area contributed by atoms with Crippen molar-refractivity contribution in [2.45, 2.75) is 6.42 Å². The highest BCUT2D eigenvalue weighted by atomic mass is 35.5. The molecule has 0 bridgehead atoms. The molecule has 0 saturated heterocycles. The van der Waals surface area contributed by atoms with Crippen LogP contribution in [0.25, 0.3) is 0 Å². The van der Waals surface area contributed by atoms with Gasteiger partial charge in [-0.25, -0.2) is 0 Å². The molecule has 0 saturated carbocycles. The van der Waals surface area contributed by atoms with Gasteiger partial charge in [0.2, 0.25) is 0 Å². The van der Waals surface area contributed by atoms with Gasteiger partial charge in [0.1, 0.15) is 5.75 Å². The third kappa shape index (κ3) is 5.39. The number of methoxy groups -OCH3 is 1. The molecule has 2 aromatic rings. The van der Waals surface area contributed by atoms with Crippen LogP contribution in [0.4, 0.5) is 11.4 Å². The van der Waals surface area contributed by atoms with Crippen molar-refractivity contribution >= 4 is 34.8 Å². The summed E-state index contributed by atoms with van der Waals surface area (Å²) in [5.74, 6) is -1.05. The summed E-state index contributed by atoms with van der Waals surface area (Å²) < 4.78 is 5.14. The normalized spacial score (nSPS) is 10.2. The van der Waals surface area contributed by atoms with E-state index in [-0.39, 0.29) is 0 Å². The fourth-order valence-electron chi connectivity index (χ4n) is 2.32. The van der Waals surface area contributed by atoms with Crippen LogP contribution in [0.1, 0.15) is 5.56 Å². The molecule has 2 rings (SSSR count). The van der Waals surface area contributed by atoms with Crippen LogP contribution < -0.4 is 20.3 Å². The van der Waals surface area contributed by atoms with Gasteiger partial charge in [-0.05, 0) is 42.3 Å². The number of hydrogen-bond donors (Lipinski definition) is 2. The largest absolute Gasteiger partial charge is 0.495 e. The van der Waals surface area contributed by atoms with Gasteiger partial charge in [-0.2, -0.15) is 0 Å². The molecule has 2 aromatic carbocycles. The average Bonchev–Trinajstić information content (AvgIpc) is 2.62. The Morgan fingerprint density at radius 1 is 1.08 bits per heavy atom. The van der Waals surface area contributed by atoms with E-state index < -0.39 is 11.8 Å². The van der Waals surface area contributed by atoms with Crippen molar-refractivity contribution in [1.82, 2.24) is 5.32 Å². The summed E-state index contributed by atoms with van der Waals surface area (Å²) >= 11 is 5.91. The van der Waals surface area contributed by atoms with E-state index in [0.717, 1.165) is 11.3 Å². The Bertz CT molecular complexity index is 776. The highest BCUT2D eigenvalue weighted by Crippen LogP contribution is 2.27. The van der Waals surface area contributed by atoms with Crippen molar-refractivity contribution in [3.63, 3.8) is 0 Å². The van der Waals surface area contributed by atoms with Crippen molar-refractivity contribution in [1.29, 1.82) is 0 Å². The second kappa shape index (κ2) is 9.10. The van der Waals surface area contributed by atoms with Gasteiger partial charge in [0.05, 0.1) is 12.8 Å². The molecule has 0 aromatic heterocycles. The molecule has 0 aliphatic heterocycles. The number of nitrogens with zero attached hydrogens (tertiary/aromatic N) is 1. The zero-order valence-electron chi connectivity index (χ0n) is 15.0. The molecule has 0 unspecified atom stereocenters. The van der Waals surface area contributed by atoms with Crippen LogP contribution >= 0.6 is 11.6 Å². The first kappa shape index (κ1) is 19.6. The predicted molar refractivity (Wildman–Crippen MR) is 104 cm³/mol. The van der Waals surface area contributed by atoms with Gasteiger partial charge in [0.15, 0.2) is 0 Å². The van der Waals surface area contributed by atoms with E-state index in [1.54, 1.807) is 12.1 Å². The minimum absolute atomic E-state index is 0.347. The first-order chi connectivity index (χ1) is 12.4. The molecule has 0 aliphatic rings. The van der Waals surface area contributed by atoms with Crippen LogP contribution in [0.3, 0.4) is 0 Å². The van der Waals surface area contributed by atoms with Crippen molar-refractivity contribution in [2.75, 3.05) is 38.0 Å². The monoisotopic (exact) mass is 375 g/mol. The molecule has 0 fully saturated rings. The molecule has 7 heteroatoms. The number of nitrogens with one attached hydrogen (secondary N) is 2. The molecule has 138 valence electrons. The zero-order chi connectivity index (χ0) is 19.1. The zero-order valence-corrected chi connectivity index (χ0v) is 15.8. The van der Waals surface area contributed by atoms with E-state index in [9.17, 15) is 9.59 Å². The molecule has 0 spiro atoms. The summed E-state index contributed by atoms with van der Waals surface area (Å²) in [4.78, 5) is 26.0. The maximum absolute atomic E-state index is 12.0. The Labute approximate surface area is 158 Å². The SMILES string of the molecule is COc1ccc(Cl)cc1NC(=O)C(=O)NCCc1ccc(N(C)C)cc1. The molecule has 0 heterocycles. The minimum atomic E-state index is -0.770. The molecule has 6 nitrogen and oxygen atoms in total. The van der Waals surface area contributed by atoms with E-state index in [4.69, 9.17) is 16.3 Å². The van der Waals surface area contributed by atoms with Crippen molar-refractivity contribution < 1.29 is 14.3 Å². The lowest BCUT2D eigenvalue weighted by Crippen LogP contribution is -2.36. The second-order valence-electron chi connectivity index (χ2n) is 5.87. The minimum Gasteiger partial charge on any atom is -0.495 e. The number of rotatable bonds is 6. The molecule has 0 aliphatic carbocycles. The summed E-state index contributed by atoms with van der Waals surface area (Å²) in [5.41, 5.74) is 2.53. The fraction of sp³-hybridized carbons (Fsp3) is 0.263.